The molecule has 1 aromatic rings. The topological polar surface area (TPSA) is 44.6 Å². The highest BCUT2D eigenvalue weighted by Gasteiger charge is 2.63. The van der Waals surface area contributed by atoms with Gasteiger partial charge in [0.15, 0.2) is 11.4 Å². The minimum atomic E-state index is -4.04. The summed E-state index contributed by atoms with van der Waals surface area (Å²) in [5.41, 5.74) is 1.68. The normalized spacial score (nSPS) is 26.4. The lowest BCUT2D eigenvalue weighted by Gasteiger charge is -2.41. The van der Waals surface area contributed by atoms with Gasteiger partial charge in [-0.15, -0.1) is 6.42 Å². The number of carbonyl (C=O) groups is 1. The first-order chi connectivity index (χ1) is 15.3. The molecule has 3 aliphatic rings. The third kappa shape index (κ3) is 3.65. The highest BCUT2D eigenvalue weighted by molar-refractivity contribution is 6.57. The zero-order valence-corrected chi connectivity index (χ0v) is 18.5. The van der Waals surface area contributed by atoms with Crippen molar-refractivity contribution in [2.24, 2.45) is 11.8 Å². The van der Waals surface area contributed by atoms with E-state index in [1.165, 1.54) is 4.81 Å². The molecule has 4 rings (SSSR count). The molecule has 3 atom stereocenters. The first-order valence-electron chi connectivity index (χ1n) is 10.9. The van der Waals surface area contributed by atoms with Crippen molar-refractivity contribution >= 4 is 18.6 Å². The van der Waals surface area contributed by atoms with Gasteiger partial charge in [-0.1, -0.05) is 19.8 Å². The van der Waals surface area contributed by atoms with Crippen LogP contribution in [0.3, 0.4) is 0 Å². The van der Waals surface area contributed by atoms with Crippen molar-refractivity contribution in [1.29, 1.82) is 0 Å². The zero-order chi connectivity index (χ0) is 23.0. The van der Waals surface area contributed by atoms with E-state index in [0.717, 1.165) is 4.49 Å². The summed E-state index contributed by atoms with van der Waals surface area (Å²) in [6.07, 6.45) is 11.3. The molecular formula is C24H27BF2N3O2. The standard InChI is InChI=1S/C24H27BF2N3O2/c1-5-14-28-24(31)13-11-21-16(2)23-15-19-8-12-22(18-6-9-20(32-4)10-7-18)30(19)25(26,27)29(23)17(21)3/h1,6-10,12,15-17,21H,11,13-14H2,2-4H3,(H,28,31). The molecule has 0 bridgehead atoms. The maximum atomic E-state index is 16.0. The van der Waals surface area contributed by atoms with Gasteiger partial charge in [-0.2, -0.15) is 0 Å². The SMILES string of the molecule is C#CCNC(=O)CCC1C(C)[C]2C=C3C=CC(c4ccc(OC)cc4)=[N+]3[B-](F)(F)N2C1C. The monoisotopic (exact) mass is 438 g/mol. The number of benzene rings is 1. The van der Waals surface area contributed by atoms with Gasteiger partial charge in [0.05, 0.1) is 13.7 Å². The van der Waals surface area contributed by atoms with Crippen molar-refractivity contribution in [3.8, 4) is 18.1 Å². The number of methoxy groups -OCH3 is 1. The fraction of sp³-hybridized carbons (Fsp3) is 0.375. The Morgan fingerprint density at radius 3 is 2.66 bits per heavy atom. The summed E-state index contributed by atoms with van der Waals surface area (Å²) in [6.45, 7) is -0.0610. The van der Waals surface area contributed by atoms with Crippen LogP contribution >= 0.6 is 0 Å². The number of halogens is 2. The smallest absolute Gasteiger partial charge is 0.497 e. The second-order valence-electron chi connectivity index (χ2n) is 8.52. The Hall–Kier alpha value is -2.92. The first kappa shape index (κ1) is 22.3. The molecule has 32 heavy (non-hydrogen) atoms. The Bertz CT molecular complexity index is 1040. The van der Waals surface area contributed by atoms with Crippen molar-refractivity contribution < 1.29 is 22.6 Å². The summed E-state index contributed by atoms with van der Waals surface area (Å²) >= 11 is 0. The van der Waals surface area contributed by atoms with Crippen LogP contribution in [0.4, 0.5) is 8.63 Å². The Labute approximate surface area is 187 Å². The van der Waals surface area contributed by atoms with E-state index in [1.54, 1.807) is 43.5 Å². The molecule has 1 N–H and O–H groups in total. The Balaban J connectivity index is 1.63. The molecule has 167 valence electrons. The van der Waals surface area contributed by atoms with Gasteiger partial charge in [0.1, 0.15) is 5.75 Å². The van der Waals surface area contributed by atoms with Gasteiger partial charge in [0.2, 0.25) is 5.91 Å². The second-order valence-corrected chi connectivity index (χ2v) is 8.52. The number of nitrogens with one attached hydrogen (secondary N) is 1. The average Bonchev–Trinajstić information content (AvgIpc) is 3.31. The molecular weight excluding hydrogens is 411 g/mol. The molecule has 3 heterocycles. The number of carbonyl (C=O) groups excluding carboxylic acids is 1. The number of hydrogen-bond donors (Lipinski definition) is 1. The number of fused-ring (bicyclic) bond motifs is 2. The summed E-state index contributed by atoms with van der Waals surface area (Å²) in [5, 5.41) is 2.65. The quantitative estimate of drug-likeness (QED) is 0.548. The molecule has 3 aliphatic heterocycles. The number of rotatable bonds is 6. The van der Waals surface area contributed by atoms with Gasteiger partial charge in [0.25, 0.3) is 0 Å². The van der Waals surface area contributed by atoms with Crippen LogP contribution in [0.2, 0.25) is 0 Å². The first-order valence-corrected chi connectivity index (χ1v) is 10.9. The average molecular weight is 438 g/mol. The number of allylic oxidation sites excluding steroid dienone is 2. The van der Waals surface area contributed by atoms with Gasteiger partial charge in [0, 0.05) is 36.3 Å². The van der Waals surface area contributed by atoms with E-state index < -0.39 is 13.0 Å². The number of terminal acetylenes is 1. The molecule has 5 nitrogen and oxygen atoms in total. The van der Waals surface area contributed by atoms with Gasteiger partial charge in [-0.3, -0.25) is 4.79 Å². The summed E-state index contributed by atoms with van der Waals surface area (Å²) in [5.74, 6) is 2.77. The molecule has 0 saturated carbocycles. The van der Waals surface area contributed by atoms with E-state index in [4.69, 9.17) is 11.2 Å². The molecule has 1 amide bonds. The van der Waals surface area contributed by atoms with E-state index in [1.807, 2.05) is 19.9 Å². The highest BCUT2D eigenvalue weighted by Crippen LogP contribution is 2.50. The van der Waals surface area contributed by atoms with Crippen molar-refractivity contribution in [3.63, 3.8) is 0 Å². The molecule has 0 spiro atoms. The molecule has 0 aliphatic carbocycles. The van der Waals surface area contributed by atoms with Crippen LogP contribution in [0.25, 0.3) is 0 Å². The molecule has 1 aromatic carbocycles. The van der Waals surface area contributed by atoms with Crippen molar-refractivity contribution in [3.05, 3.63) is 59.8 Å². The highest BCUT2D eigenvalue weighted by atomic mass is 19.2. The van der Waals surface area contributed by atoms with E-state index in [9.17, 15) is 4.79 Å². The predicted octanol–water partition coefficient (Wildman–Crippen LogP) is 3.36. The third-order valence-corrected chi connectivity index (χ3v) is 6.83. The Morgan fingerprint density at radius 2 is 2.00 bits per heavy atom. The molecule has 0 aromatic heterocycles. The number of hydrogen-bond acceptors (Lipinski definition) is 3. The lowest BCUT2D eigenvalue weighted by atomic mass is 9.83. The molecule has 1 saturated heterocycles. The van der Waals surface area contributed by atoms with Gasteiger partial charge in [-0.25, -0.2) is 0 Å². The van der Waals surface area contributed by atoms with E-state index in [0.29, 0.717) is 35.2 Å². The maximum absolute atomic E-state index is 16.0. The van der Waals surface area contributed by atoms with Crippen molar-refractivity contribution in [1.82, 2.24) is 10.1 Å². The molecule has 8 heteroatoms. The second kappa shape index (κ2) is 8.55. The Kier molecular flexibility index (Phi) is 5.96. The van der Waals surface area contributed by atoms with Gasteiger partial charge < -0.3 is 28.0 Å². The van der Waals surface area contributed by atoms with Crippen LogP contribution < -0.4 is 10.1 Å². The summed E-state index contributed by atoms with van der Waals surface area (Å²) in [6, 6.07) is 7.37. The van der Waals surface area contributed by atoms with Crippen LogP contribution in [0, 0.1) is 30.2 Å². The van der Waals surface area contributed by atoms with Crippen LogP contribution in [0.15, 0.2) is 48.2 Å². The molecule has 1 radical (unpaired) electrons. The zero-order valence-electron chi connectivity index (χ0n) is 18.5. The van der Waals surface area contributed by atoms with Crippen LogP contribution in [0.5, 0.6) is 5.75 Å². The van der Waals surface area contributed by atoms with E-state index in [-0.39, 0.29) is 30.7 Å². The van der Waals surface area contributed by atoms with E-state index >= 15 is 8.63 Å². The number of nitrogens with zero attached hydrogens (tertiary/aromatic N) is 2. The van der Waals surface area contributed by atoms with Crippen molar-refractivity contribution in [2.75, 3.05) is 13.7 Å². The van der Waals surface area contributed by atoms with Crippen molar-refractivity contribution in [2.45, 2.75) is 32.7 Å². The van der Waals surface area contributed by atoms with Gasteiger partial charge >= 0.3 is 6.97 Å². The van der Waals surface area contributed by atoms with Gasteiger partial charge in [-0.05, 0) is 48.6 Å². The lowest BCUT2D eigenvalue weighted by molar-refractivity contribution is -0.374. The lowest BCUT2D eigenvalue weighted by Crippen LogP contribution is -2.60. The largest absolute Gasteiger partial charge is 0.704 e. The fourth-order valence-corrected chi connectivity index (χ4v) is 5.21. The number of ether oxygens (including phenoxy) is 1. The minimum Gasteiger partial charge on any atom is -0.497 e. The van der Waals surface area contributed by atoms with Crippen LogP contribution in [-0.2, 0) is 4.79 Å². The fourth-order valence-electron chi connectivity index (χ4n) is 5.21. The minimum absolute atomic E-state index is 0.0559. The Morgan fingerprint density at radius 1 is 1.28 bits per heavy atom. The molecule has 3 unspecified atom stereocenters. The van der Waals surface area contributed by atoms with E-state index in [2.05, 4.69) is 11.2 Å². The predicted molar refractivity (Wildman–Crippen MR) is 121 cm³/mol. The van der Waals surface area contributed by atoms with Crippen LogP contribution in [-0.4, -0.2) is 47.6 Å². The maximum Gasteiger partial charge on any atom is 0.704 e. The summed E-state index contributed by atoms with van der Waals surface area (Å²) in [4.78, 5) is 13.3. The number of amides is 1. The molecule has 1 fully saturated rings. The van der Waals surface area contributed by atoms with Crippen LogP contribution in [0.1, 0.15) is 32.3 Å². The third-order valence-electron chi connectivity index (χ3n) is 6.83. The summed E-state index contributed by atoms with van der Waals surface area (Å²) in [7, 11) is 1.57. The summed E-state index contributed by atoms with van der Waals surface area (Å²) < 4.78 is 38.4.